The van der Waals surface area contributed by atoms with Crippen LogP contribution in [0.4, 0.5) is 0 Å². The minimum Gasteiger partial charge on any atom is -0.465 e. The van der Waals surface area contributed by atoms with E-state index in [4.69, 9.17) is 4.74 Å². The average Bonchev–Trinajstić information content (AvgIpc) is 3.72. The van der Waals surface area contributed by atoms with Crippen molar-refractivity contribution >= 4 is 5.97 Å². The fraction of sp³-hybridized carbons (Fsp3) is 0.750. The molecule has 3 N–H and O–H groups in total. The number of aliphatic hydroxyl groups excluding tert-OH is 3. The van der Waals surface area contributed by atoms with Gasteiger partial charge in [0.2, 0.25) is 0 Å². The van der Waals surface area contributed by atoms with E-state index < -0.39 is 23.7 Å². The molecule has 4 saturated carbocycles. The zero-order valence-corrected chi connectivity index (χ0v) is 27.4. The molecule has 4 rings (SSSR count). The van der Waals surface area contributed by atoms with E-state index in [1.807, 2.05) is 13.0 Å². The number of fused-ring (bicyclic) bond motifs is 1. The third-order valence-corrected chi connectivity index (χ3v) is 10.8. The van der Waals surface area contributed by atoms with Gasteiger partial charge in [-0.1, -0.05) is 75.7 Å². The van der Waals surface area contributed by atoms with Crippen LogP contribution in [-0.2, 0) is 9.53 Å². The maximum Gasteiger partial charge on any atom is 0.315 e. The molecule has 4 aliphatic carbocycles. The number of hydrogen-bond donors (Lipinski definition) is 3. The third-order valence-electron chi connectivity index (χ3n) is 10.8. The van der Waals surface area contributed by atoms with Gasteiger partial charge in [0.15, 0.2) is 0 Å². The Kier molecular flexibility index (Phi) is 12.6. The highest BCUT2D eigenvalue weighted by Gasteiger charge is 2.56. The number of aliphatic hydroxyl groups is 3. The van der Waals surface area contributed by atoms with E-state index in [1.165, 1.54) is 12.0 Å². The van der Waals surface area contributed by atoms with Gasteiger partial charge >= 0.3 is 5.97 Å². The van der Waals surface area contributed by atoms with Gasteiger partial charge in [0.25, 0.3) is 0 Å². The largest absolute Gasteiger partial charge is 0.465 e. The van der Waals surface area contributed by atoms with Crippen LogP contribution in [0, 0.1) is 39.4 Å². The van der Waals surface area contributed by atoms with E-state index in [1.54, 1.807) is 13.8 Å². The Morgan fingerprint density at radius 1 is 1.14 bits per heavy atom. The number of carbonyl (C=O) groups is 1. The summed E-state index contributed by atoms with van der Waals surface area (Å²) in [5.74, 6) is 0.931. The first-order chi connectivity index (χ1) is 20.3. The van der Waals surface area contributed by atoms with Crippen molar-refractivity contribution in [3.05, 3.63) is 52.5 Å². The molecule has 4 aliphatic rings. The molecular weight excluding hydrogens is 542 g/mol. The molecule has 7 nitrogen and oxygen atoms in total. The van der Waals surface area contributed by atoms with Crippen LogP contribution < -0.4 is 0 Å². The predicted molar refractivity (Wildman–Crippen MR) is 172 cm³/mol. The van der Waals surface area contributed by atoms with Gasteiger partial charge in [-0.25, -0.2) is 0 Å². The molecule has 0 saturated heterocycles. The molecule has 0 amide bonds. The summed E-state index contributed by atoms with van der Waals surface area (Å²) in [6.45, 7) is 16.7. The zero-order valence-electron chi connectivity index (χ0n) is 27.4. The van der Waals surface area contributed by atoms with Gasteiger partial charge in [-0.2, -0.15) is 4.91 Å². The highest BCUT2D eigenvalue weighted by molar-refractivity contribution is 5.81. The Bertz CT molecular complexity index is 1070. The molecule has 0 aromatic carbocycles. The third kappa shape index (κ3) is 8.15. The van der Waals surface area contributed by atoms with Crippen LogP contribution in [0.5, 0.6) is 0 Å². The Labute approximate surface area is 259 Å². The van der Waals surface area contributed by atoms with Crippen molar-refractivity contribution in [2.45, 2.75) is 130 Å². The second-order valence-electron chi connectivity index (χ2n) is 14.2. The summed E-state index contributed by atoms with van der Waals surface area (Å²) in [5, 5.41) is 34.4. The Hall–Kier alpha value is -2.09. The van der Waals surface area contributed by atoms with Crippen molar-refractivity contribution in [2.24, 2.45) is 39.7 Å². The van der Waals surface area contributed by atoms with Crippen LogP contribution in [0.25, 0.3) is 0 Å². The van der Waals surface area contributed by atoms with Crippen LogP contribution in [0.15, 0.2) is 52.8 Å². The van der Waals surface area contributed by atoms with Gasteiger partial charge in [0, 0.05) is 5.92 Å². The summed E-state index contributed by atoms with van der Waals surface area (Å²) in [6, 6.07) is -0.0463. The Morgan fingerprint density at radius 3 is 2.42 bits per heavy atom. The number of allylic oxidation sites excluding steroid dienone is 4. The van der Waals surface area contributed by atoms with E-state index in [0.29, 0.717) is 43.6 Å². The van der Waals surface area contributed by atoms with Crippen LogP contribution >= 0.6 is 0 Å². The number of unbranched alkanes of at least 4 members (excludes halogenated alkanes) is 1. The summed E-state index contributed by atoms with van der Waals surface area (Å²) in [5.41, 5.74) is 2.65. The molecular formula is C36H57NO6. The molecule has 4 fully saturated rings. The molecule has 0 aromatic rings. The molecule has 8 atom stereocenters. The second-order valence-corrected chi connectivity index (χ2v) is 14.2. The van der Waals surface area contributed by atoms with E-state index in [2.05, 4.69) is 50.8 Å². The molecule has 0 heterocycles. The first-order valence-electron chi connectivity index (χ1n) is 16.6. The first kappa shape index (κ1) is 35.4. The minimum absolute atomic E-state index is 0.0463. The van der Waals surface area contributed by atoms with Crippen molar-refractivity contribution in [3.63, 3.8) is 0 Å². The van der Waals surface area contributed by atoms with E-state index in [9.17, 15) is 25.0 Å². The number of carbonyl (C=O) groups excluding carboxylic acids is 1. The molecule has 43 heavy (non-hydrogen) atoms. The maximum atomic E-state index is 12.6. The lowest BCUT2D eigenvalue weighted by Crippen LogP contribution is -2.36. The van der Waals surface area contributed by atoms with Crippen LogP contribution in [0.3, 0.4) is 0 Å². The maximum absolute atomic E-state index is 12.6. The minimum atomic E-state index is -0.783. The first-order valence-corrected chi connectivity index (χ1v) is 16.6. The highest BCUT2D eigenvalue weighted by Crippen LogP contribution is 2.60. The van der Waals surface area contributed by atoms with Crippen LogP contribution in [-0.4, -0.2) is 52.2 Å². The lowest BCUT2D eigenvalue weighted by atomic mass is 9.61. The van der Waals surface area contributed by atoms with Crippen molar-refractivity contribution in [3.8, 4) is 0 Å². The quantitative estimate of drug-likeness (QED) is 0.106. The molecule has 0 aliphatic heterocycles. The lowest BCUT2D eigenvalue weighted by Gasteiger charge is -2.44. The number of ether oxygens (including phenoxy) is 1. The molecule has 0 spiro atoms. The Balaban J connectivity index is 0.000000934. The van der Waals surface area contributed by atoms with Gasteiger partial charge in [-0.3, -0.25) is 4.79 Å². The van der Waals surface area contributed by atoms with Gasteiger partial charge in [-0.15, -0.1) is 0 Å². The fourth-order valence-corrected chi connectivity index (χ4v) is 7.59. The molecule has 0 aromatic heterocycles. The summed E-state index contributed by atoms with van der Waals surface area (Å²) >= 11 is 0. The zero-order chi connectivity index (χ0) is 31.9. The van der Waals surface area contributed by atoms with Crippen molar-refractivity contribution in [1.29, 1.82) is 0 Å². The number of nitrogens with zero attached hydrogens (tertiary/aromatic N) is 1. The number of hydrogen-bond acceptors (Lipinski definition) is 7. The monoisotopic (exact) mass is 599 g/mol. The van der Waals surface area contributed by atoms with Gasteiger partial charge in [0.05, 0.1) is 36.4 Å². The molecule has 4 unspecified atom stereocenters. The standard InChI is InChI=1S/C33H50O5.C3H7NO/c1-6-7-19-38-31(37)33(17-18-33)29(35)15-10-21(2)26-13-14-27-24(9-8-16-32(26,27)5)11-12-25-20-28(34)23(4)30(36)22(25)3;1-3(2)4-5/h10-12,15,21,23,26-30,34-36H,3,6-9,13-14,16-20H2,1-2,4-5H3;3H,1-2H3/b15-10+,24-11+,25-12-;/t21-,23?,26-,27+,28-,29?,30?,32?;/m1./s1. The van der Waals surface area contributed by atoms with Gasteiger partial charge < -0.3 is 20.1 Å². The summed E-state index contributed by atoms with van der Waals surface area (Å²) in [7, 11) is 0. The lowest BCUT2D eigenvalue weighted by molar-refractivity contribution is -0.153. The Morgan fingerprint density at radius 2 is 1.81 bits per heavy atom. The number of esters is 1. The van der Waals surface area contributed by atoms with Gasteiger partial charge in [0.1, 0.15) is 0 Å². The summed E-state index contributed by atoms with van der Waals surface area (Å²) < 4.78 is 5.45. The smallest absolute Gasteiger partial charge is 0.315 e. The van der Waals surface area contributed by atoms with E-state index in [-0.39, 0.29) is 23.3 Å². The molecule has 0 radical (unpaired) electrons. The van der Waals surface area contributed by atoms with Crippen LogP contribution in [0.1, 0.15) is 106 Å². The van der Waals surface area contributed by atoms with Crippen molar-refractivity contribution in [2.75, 3.05) is 6.61 Å². The molecule has 0 bridgehead atoms. The fourth-order valence-electron chi connectivity index (χ4n) is 7.59. The van der Waals surface area contributed by atoms with Gasteiger partial charge in [-0.05, 0) is 106 Å². The van der Waals surface area contributed by atoms with E-state index >= 15 is 0 Å². The number of rotatable bonds is 10. The van der Waals surface area contributed by atoms with E-state index in [0.717, 1.165) is 49.7 Å². The number of nitroso groups, excluding NO2 is 1. The van der Waals surface area contributed by atoms with Crippen molar-refractivity contribution < 1.29 is 24.9 Å². The SMILES string of the molecule is C=C1/C(=C\C=C2/CCCC3(C)[C@@H]([C@H](C)/C=C/C(O)C4(C(=O)OCCCC)CC4)CC[C@@H]23)C[C@@H](O)C(C)C1O.CC(C)N=O. The summed E-state index contributed by atoms with van der Waals surface area (Å²) in [6.07, 6.45) is 15.9. The predicted octanol–water partition coefficient (Wildman–Crippen LogP) is 7.21. The highest BCUT2D eigenvalue weighted by atomic mass is 16.5. The normalized spacial score (nSPS) is 34.9. The van der Waals surface area contributed by atoms with Crippen LogP contribution in [0.2, 0.25) is 0 Å². The summed E-state index contributed by atoms with van der Waals surface area (Å²) in [4.78, 5) is 21.9. The second kappa shape index (κ2) is 15.3. The van der Waals surface area contributed by atoms with Crippen molar-refractivity contribution in [1.82, 2.24) is 0 Å². The molecule has 7 heteroatoms. The topological polar surface area (TPSA) is 116 Å². The molecule has 242 valence electrons. The average molecular weight is 600 g/mol.